The smallest absolute Gasteiger partial charge is 0.343 e. The number of aryl methyl sites for hydroxylation is 1. The summed E-state index contributed by atoms with van der Waals surface area (Å²) in [5.74, 6) is -1.34. The fourth-order valence-electron chi connectivity index (χ4n) is 3.13. The number of halogens is 2. The average molecular weight is 467 g/mol. The molecule has 1 aliphatic heterocycles. The van der Waals surface area contributed by atoms with Crippen molar-refractivity contribution >= 4 is 52.4 Å². The van der Waals surface area contributed by atoms with E-state index in [-0.39, 0.29) is 21.4 Å². The van der Waals surface area contributed by atoms with Gasteiger partial charge in [-0.05, 0) is 55.0 Å². The first-order chi connectivity index (χ1) is 15.4. The molecule has 0 spiro atoms. The van der Waals surface area contributed by atoms with Gasteiger partial charge in [0.1, 0.15) is 16.5 Å². The van der Waals surface area contributed by atoms with Crippen LogP contribution in [0.25, 0.3) is 0 Å². The quantitative estimate of drug-likeness (QED) is 0.313. The van der Waals surface area contributed by atoms with Gasteiger partial charge in [-0.25, -0.2) is 9.69 Å². The van der Waals surface area contributed by atoms with Gasteiger partial charge in [-0.15, -0.1) is 0 Å². The third kappa shape index (κ3) is 4.10. The number of rotatable bonds is 5. The van der Waals surface area contributed by atoms with Crippen molar-refractivity contribution in [1.29, 1.82) is 0 Å². The topological polar surface area (TPSA) is 75.7 Å². The molecule has 3 aromatic rings. The molecule has 2 amide bonds. The molecule has 1 N–H and O–H groups in total. The zero-order valence-electron chi connectivity index (χ0n) is 16.8. The van der Waals surface area contributed by atoms with Crippen LogP contribution in [0.3, 0.4) is 0 Å². The van der Waals surface area contributed by atoms with Crippen molar-refractivity contribution in [3.05, 3.63) is 99.7 Å². The summed E-state index contributed by atoms with van der Waals surface area (Å²) in [4.78, 5) is 38.8. The first-order valence-corrected chi connectivity index (χ1v) is 10.3. The molecule has 32 heavy (non-hydrogen) atoms. The van der Waals surface area contributed by atoms with E-state index in [4.69, 9.17) is 27.9 Å². The van der Waals surface area contributed by atoms with Gasteiger partial charge in [0, 0.05) is 5.69 Å². The maximum atomic E-state index is 12.9. The number of benzene rings is 3. The largest absolute Gasteiger partial charge is 0.423 e. The van der Waals surface area contributed by atoms with Gasteiger partial charge in [0.2, 0.25) is 0 Å². The molecule has 0 unspecified atom stereocenters. The van der Waals surface area contributed by atoms with E-state index in [0.29, 0.717) is 17.0 Å². The molecule has 0 aliphatic carbocycles. The molecule has 0 saturated carbocycles. The second kappa shape index (κ2) is 8.86. The van der Waals surface area contributed by atoms with Crippen LogP contribution < -0.4 is 15.0 Å². The zero-order chi connectivity index (χ0) is 22.8. The SMILES string of the molecule is Cc1ccccc1OC(=O)c1ccc(NC2=C(Cl)C(=O)N(c3ccccc3Cl)C2=O)cc1. The summed E-state index contributed by atoms with van der Waals surface area (Å²) in [6.07, 6.45) is 0. The molecule has 0 bridgehead atoms. The molecule has 0 saturated heterocycles. The van der Waals surface area contributed by atoms with E-state index in [2.05, 4.69) is 5.32 Å². The second-order valence-corrected chi connectivity index (χ2v) is 7.73. The number of carbonyl (C=O) groups is 3. The van der Waals surface area contributed by atoms with Gasteiger partial charge in [0.15, 0.2) is 0 Å². The molecule has 8 heteroatoms. The predicted octanol–water partition coefficient (Wildman–Crippen LogP) is 5.30. The molecule has 1 aliphatic rings. The molecule has 0 radical (unpaired) electrons. The third-order valence-electron chi connectivity index (χ3n) is 4.81. The van der Waals surface area contributed by atoms with Crippen molar-refractivity contribution in [2.45, 2.75) is 6.92 Å². The van der Waals surface area contributed by atoms with Crippen molar-refractivity contribution < 1.29 is 19.1 Å². The Kier molecular flexibility index (Phi) is 5.99. The Bertz CT molecular complexity index is 1270. The molecular formula is C24H16Cl2N2O4. The van der Waals surface area contributed by atoms with Crippen molar-refractivity contribution in [2.75, 3.05) is 10.2 Å². The molecule has 4 rings (SSSR count). The van der Waals surface area contributed by atoms with Crippen LogP contribution in [0.5, 0.6) is 5.75 Å². The number of hydrogen-bond donors (Lipinski definition) is 1. The summed E-state index contributed by atoms with van der Waals surface area (Å²) in [7, 11) is 0. The minimum absolute atomic E-state index is 0.0770. The van der Waals surface area contributed by atoms with E-state index in [1.165, 1.54) is 0 Å². The number of carbonyl (C=O) groups excluding carboxylic acids is 3. The summed E-state index contributed by atoms with van der Waals surface area (Å²) in [6.45, 7) is 1.85. The van der Waals surface area contributed by atoms with Gasteiger partial charge in [-0.3, -0.25) is 9.59 Å². The minimum atomic E-state index is -0.675. The van der Waals surface area contributed by atoms with E-state index in [1.54, 1.807) is 60.7 Å². The van der Waals surface area contributed by atoms with E-state index >= 15 is 0 Å². The predicted molar refractivity (Wildman–Crippen MR) is 123 cm³/mol. The van der Waals surface area contributed by atoms with E-state index in [9.17, 15) is 14.4 Å². The lowest BCUT2D eigenvalue weighted by Crippen LogP contribution is -2.32. The van der Waals surface area contributed by atoms with Gasteiger partial charge >= 0.3 is 5.97 Å². The number of ether oxygens (including phenoxy) is 1. The van der Waals surface area contributed by atoms with Crippen LogP contribution in [0.2, 0.25) is 5.02 Å². The van der Waals surface area contributed by atoms with Crippen LogP contribution >= 0.6 is 23.2 Å². The van der Waals surface area contributed by atoms with Gasteiger partial charge in [-0.2, -0.15) is 0 Å². The molecule has 160 valence electrons. The van der Waals surface area contributed by atoms with Crippen molar-refractivity contribution in [2.24, 2.45) is 0 Å². The number of hydrogen-bond acceptors (Lipinski definition) is 5. The van der Waals surface area contributed by atoms with Gasteiger partial charge in [0.25, 0.3) is 11.8 Å². The van der Waals surface area contributed by atoms with Gasteiger partial charge < -0.3 is 10.1 Å². The van der Waals surface area contributed by atoms with Crippen LogP contribution in [-0.2, 0) is 9.59 Å². The second-order valence-electron chi connectivity index (χ2n) is 6.94. The molecular weight excluding hydrogens is 451 g/mol. The standard InChI is InChI=1S/C24H16Cl2N2O4/c1-14-6-2-5-9-19(14)32-24(31)15-10-12-16(13-11-15)27-21-20(26)22(29)28(23(21)30)18-8-4-3-7-17(18)25/h2-13,27H,1H3. The first kappa shape index (κ1) is 21.6. The Morgan fingerprint density at radius 1 is 0.875 bits per heavy atom. The molecule has 0 atom stereocenters. The number of amides is 2. The normalized spacial score (nSPS) is 13.5. The van der Waals surface area contributed by atoms with Gasteiger partial charge in [-0.1, -0.05) is 53.5 Å². The van der Waals surface area contributed by atoms with Crippen LogP contribution in [0, 0.1) is 6.92 Å². The summed E-state index contributed by atoms with van der Waals surface area (Å²) >= 11 is 12.3. The number of para-hydroxylation sites is 2. The highest BCUT2D eigenvalue weighted by molar-refractivity contribution is 6.53. The van der Waals surface area contributed by atoms with Crippen LogP contribution in [0.15, 0.2) is 83.5 Å². The monoisotopic (exact) mass is 466 g/mol. The first-order valence-electron chi connectivity index (χ1n) is 9.55. The molecule has 3 aromatic carbocycles. The minimum Gasteiger partial charge on any atom is -0.423 e. The highest BCUT2D eigenvalue weighted by Crippen LogP contribution is 2.34. The molecule has 6 nitrogen and oxygen atoms in total. The number of esters is 1. The van der Waals surface area contributed by atoms with Crippen molar-refractivity contribution in [3.8, 4) is 5.75 Å². The molecule has 0 fully saturated rings. The highest BCUT2D eigenvalue weighted by atomic mass is 35.5. The molecule has 0 aromatic heterocycles. The van der Waals surface area contributed by atoms with Gasteiger partial charge in [0.05, 0.1) is 16.3 Å². The zero-order valence-corrected chi connectivity index (χ0v) is 18.3. The number of nitrogens with zero attached hydrogens (tertiary/aromatic N) is 1. The Labute approximate surface area is 194 Å². The Morgan fingerprint density at radius 2 is 1.53 bits per heavy atom. The fourth-order valence-corrected chi connectivity index (χ4v) is 3.56. The van der Waals surface area contributed by atoms with E-state index in [0.717, 1.165) is 10.5 Å². The summed E-state index contributed by atoms with van der Waals surface area (Å²) in [5.41, 5.74) is 1.80. The third-order valence-corrected chi connectivity index (χ3v) is 5.48. The Hall–Kier alpha value is -3.61. The van der Waals surface area contributed by atoms with E-state index < -0.39 is 17.8 Å². The Balaban J connectivity index is 1.50. The lowest BCUT2D eigenvalue weighted by atomic mass is 10.2. The van der Waals surface area contributed by atoms with E-state index in [1.807, 2.05) is 19.1 Å². The summed E-state index contributed by atoms with van der Waals surface area (Å²) < 4.78 is 5.42. The Morgan fingerprint density at radius 3 is 2.22 bits per heavy atom. The van der Waals surface area contributed by atoms with Crippen LogP contribution in [-0.4, -0.2) is 17.8 Å². The maximum Gasteiger partial charge on any atom is 0.343 e. The average Bonchev–Trinajstić information content (AvgIpc) is 2.99. The van der Waals surface area contributed by atoms with Crippen LogP contribution in [0.1, 0.15) is 15.9 Å². The summed E-state index contributed by atoms with van der Waals surface area (Å²) in [6, 6.07) is 19.9. The summed E-state index contributed by atoms with van der Waals surface area (Å²) in [5, 5.41) is 2.85. The van der Waals surface area contributed by atoms with Crippen molar-refractivity contribution in [1.82, 2.24) is 0 Å². The maximum absolute atomic E-state index is 12.9. The molecule has 1 heterocycles. The number of nitrogens with one attached hydrogen (secondary N) is 1. The highest BCUT2D eigenvalue weighted by Gasteiger charge is 2.39. The fraction of sp³-hybridized carbons (Fsp3) is 0.0417. The lowest BCUT2D eigenvalue weighted by molar-refractivity contribution is -0.120. The number of imide groups is 1. The lowest BCUT2D eigenvalue weighted by Gasteiger charge is -2.16. The van der Waals surface area contributed by atoms with Crippen LogP contribution in [0.4, 0.5) is 11.4 Å². The van der Waals surface area contributed by atoms with Crippen molar-refractivity contribution in [3.63, 3.8) is 0 Å². The number of anilines is 2.